The molecule has 3 heteroatoms. The van der Waals surface area contributed by atoms with Crippen molar-refractivity contribution < 1.29 is 5.11 Å². The molecule has 0 aliphatic heterocycles. The van der Waals surface area contributed by atoms with E-state index in [9.17, 15) is 5.11 Å². The van der Waals surface area contributed by atoms with Crippen LogP contribution in [0.3, 0.4) is 0 Å². The Hall–Kier alpha value is -0.410. The van der Waals surface area contributed by atoms with Crippen LogP contribution in [0.4, 0.5) is 0 Å². The number of thiazole rings is 1. The van der Waals surface area contributed by atoms with Crippen LogP contribution in [0.1, 0.15) is 56.7 Å². The molecule has 1 fully saturated rings. The smallest absolute Gasteiger partial charge is 0.0794 e. The van der Waals surface area contributed by atoms with Crippen LogP contribution in [0.2, 0.25) is 0 Å². The van der Waals surface area contributed by atoms with Crippen molar-refractivity contribution in [2.75, 3.05) is 6.61 Å². The van der Waals surface area contributed by atoms with Crippen LogP contribution < -0.4 is 0 Å². The van der Waals surface area contributed by atoms with Crippen LogP contribution >= 0.6 is 11.3 Å². The molecule has 1 N–H and O–H groups in total. The third-order valence-electron chi connectivity index (χ3n) is 4.50. The zero-order valence-corrected chi connectivity index (χ0v) is 12.2. The van der Waals surface area contributed by atoms with E-state index in [2.05, 4.69) is 11.9 Å². The summed E-state index contributed by atoms with van der Waals surface area (Å²) in [6.45, 7) is 2.61. The van der Waals surface area contributed by atoms with E-state index in [0.29, 0.717) is 6.61 Å². The fourth-order valence-corrected chi connectivity index (χ4v) is 3.93. The molecule has 0 radical (unpaired) electrons. The maximum absolute atomic E-state index is 9.79. The Morgan fingerprint density at radius 1 is 1.44 bits per heavy atom. The number of nitrogens with zero attached hydrogens (tertiary/aromatic N) is 1. The Balaban J connectivity index is 1.87. The van der Waals surface area contributed by atoms with Crippen LogP contribution in [0.25, 0.3) is 0 Å². The van der Waals surface area contributed by atoms with Crippen LogP contribution in [0, 0.1) is 11.3 Å². The summed E-state index contributed by atoms with van der Waals surface area (Å²) in [5.74, 6) is 0.908. The predicted octanol–water partition coefficient (Wildman–Crippen LogP) is 4.04. The van der Waals surface area contributed by atoms with Crippen molar-refractivity contribution in [1.29, 1.82) is 0 Å². The molecule has 0 spiro atoms. The minimum absolute atomic E-state index is 0.148. The van der Waals surface area contributed by atoms with Crippen LogP contribution in [-0.2, 0) is 6.42 Å². The fraction of sp³-hybridized carbons (Fsp3) is 0.800. The summed E-state index contributed by atoms with van der Waals surface area (Å²) in [5, 5.41) is 9.79. The number of aliphatic hydroxyl groups is 1. The fourth-order valence-electron chi connectivity index (χ4n) is 3.16. The van der Waals surface area contributed by atoms with Gasteiger partial charge in [-0.3, -0.25) is 4.98 Å². The topological polar surface area (TPSA) is 33.1 Å². The molecule has 0 unspecified atom stereocenters. The van der Waals surface area contributed by atoms with E-state index in [4.69, 9.17) is 0 Å². The van der Waals surface area contributed by atoms with E-state index in [1.807, 2.05) is 11.7 Å². The number of aromatic nitrogens is 1. The quantitative estimate of drug-likeness (QED) is 0.843. The lowest BCUT2D eigenvalue weighted by Gasteiger charge is -2.38. The number of hydrogen-bond donors (Lipinski definition) is 1. The van der Waals surface area contributed by atoms with Gasteiger partial charge in [-0.15, -0.1) is 11.3 Å². The highest BCUT2D eigenvalue weighted by molar-refractivity contribution is 7.09. The predicted molar refractivity (Wildman–Crippen MR) is 76.8 cm³/mol. The van der Waals surface area contributed by atoms with Gasteiger partial charge in [0.25, 0.3) is 0 Å². The van der Waals surface area contributed by atoms with E-state index in [1.165, 1.54) is 49.8 Å². The third kappa shape index (κ3) is 3.55. The number of rotatable bonds is 6. The summed E-state index contributed by atoms with van der Waals surface area (Å²) in [5.41, 5.74) is 2.04. The van der Waals surface area contributed by atoms with Crippen LogP contribution in [0.5, 0.6) is 0 Å². The first-order chi connectivity index (χ1) is 8.78. The van der Waals surface area contributed by atoms with Crippen molar-refractivity contribution in [3.63, 3.8) is 0 Å². The van der Waals surface area contributed by atoms with Crippen LogP contribution in [-0.4, -0.2) is 16.7 Å². The lowest BCUT2D eigenvalue weighted by Crippen LogP contribution is -2.33. The standard InChI is InChI=1S/C15H25NOS/c1-2-3-4-13-5-7-15(11-17,8-6-13)9-14-10-16-12-18-14/h10,12-13,17H,2-9,11H2,1H3. The first-order valence-electron chi connectivity index (χ1n) is 7.26. The largest absolute Gasteiger partial charge is 0.396 e. The van der Waals surface area contributed by atoms with Gasteiger partial charge in [0.05, 0.1) is 5.51 Å². The molecule has 1 aliphatic rings. The highest BCUT2D eigenvalue weighted by Crippen LogP contribution is 2.43. The summed E-state index contributed by atoms with van der Waals surface area (Å²) >= 11 is 1.72. The average molecular weight is 267 g/mol. The minimum Gasteiger partial charge on any atom is -0.396 e. The normalized spacial score (nSPS) is 28.4. The SMILES string of the molecule is CCCCC1CCC(CO)(Cc2cncs2)CC1. The Bertz CT molecular complexity index is 328. The molecule has 102 valence electrons. The van der Waals surface area contributed by atoms with Gasteiger partial charge in [0.1, 0.15) is 0 Å². The summed E-state index contributed by atoms with van der Waals surface area (Å²) < 4.78 is 0. The minimum atomic E-state index is 0.148. The number of aliphatic hydroxyl groups excluding tert-OH is 1. The van der Waals surface area contributed by atoms with Gasteiger partial charge < -0.3 is 5.11 Å². The molecule has 1 saturated carbocycles. The summed E-state index contributed by atoms with van der Waals surface area (Å²) in [6, 6.07) is 0. The van der Waals surface area contributed by atoms with Gasteiger partial charge in [-0.05, 0) is 43.4 Å². The maximum atomic E-state index is 9.79. The Morgan fingerprint density at radius 2 is 2.22 bits per heavy atom. The van der Waals surface area contributed by atoms with Crippen molar-refractivity contribution in [2.45, 2.75) is 58.3 Å². The van der Waals surface area contributed by atoms with Gasteiger partial charge >= 0.3 is 0 Å². The Kier molecular flexibility index (Phi) is 5.19. The van der Waals surface area contributed by atoms with Crippen LogP contribution in [0.15, 0.2) is 11.7 Å². The molecule has 0 atom stereocenters. The van der Waals surface area contributed by atoms with E-state index in [0.717, 1.165) is 12.3 Å². The second kappa shape index (κ2) is 6.67. The van der Waals surface area contributed by atoms with Crippen molar-refractivity contribution in [3.05, 3.63) is 16.6 Å². The molecule has 18 heavy (non-hydrogen) atoms. The van der Waals surface area contributed by atoms with Gasteiger partial charge in [0.2, 0.25) is 0 Å². The molecule has 0 amide bonds. The highest BCUT2D eigenvalue weighted by Gasteiger charge is 2.35. The highest BCUT2D eigenvalue weighted by atomic mass is 32.1. The first kappa shape index (κ1) is 14.0. The third-order valence-corrected chi connectivity index (χ3v) is 5.28. The monoisotopic (exact) mass is 267 g/mol. The van der Waals surface area contributed by atoms with Gasteiger partial charge in [-0.25, -0.2) is 0 Å². The molecule has 2 nitrogen and oxygen atoms in total. The molecule has 1 aromatic heterocycles. The van der Waals surface area contributed by atoms with Crippen molar-refractivity contribution in [2.24, 2.45) is 11.3 Å². The lowest BCUT2D eigenvalue weighted by molar-refractivity contribution is 0.0627. The molecular formula is C15H25NOS. The molecule has 1 aromatic rings. The summed E-state index contributed by atoms with van der Waals surface area (Å²) in [7, 11) is 0. The average Bonchev–Trinajstić information content (AvgIpc) is 2.91. The summed E-state index contributed by atoms with van der Waals surface area (Å²) in [4.78, 5) is 5.48. The Morgan fingerprint density at radius 3 is 2.78 bits per heavy atom. The van der Waals surface area contributed by atoms with E-state index < -0.39 is 0 Å². The van der Waals surface area contributed by atoms with E-state index >= 15 is 0 Å². The van der Waals surface area contributed by atoms with Crippen molar-refractivity contribution >= 4 is 11.3 Å². The van der Waals surface area contributed by atoms with Gasteiger partial charge in [0.15, 0.2) is 0 Å². The molecule has 1 heterocycles. The summed E-state index contributed by atoms with van der Waals surface area (Å²) in [6.07, 6.45) is 12.0. The lowest BCUT2D eigenvalue weighted by atomic mass is 9.68. The Labute approximate surface area is 114 Å². The van der Waals surface area contributed by atoms with Crippen molar-refractivity contribution in [3.8, 4) is 0 Å². The molecule has 0 bridgehead atoms. The van der Waals surface area contributed by atoms with Gasteiger partial charge in [0, 0.05) is 17.7 Å². The first-order valence-corrected chi connectivity index (χ1v) is 8.14. The number of unbranched alkanes of at least 4 members (excludes halogenated alkanes) is 1. The zero-order valence-electron chi connectivity index (χ0n) is 11.4. The molecule has 2 rings (SSSR count). The molecule has 0 aromatic carbocycles. The zero-order chi connectivity index (χ0) is 12.8. The van der Waals surface area contributed by atoms with Gasteiger partial charge in [-0.2, -0.15) is 0 Å². The molecule has 0 saturated heterocycles. The maximum Gasteiger partial charge on any atom is 0.0794 e. The van der Waals surface area contributed by atoms with Gasteiger partial charge in [-0.1, -0.05) is 26.2 Å². The second-order valence-corrected chi connectivity index (χ2v) is 6.86. The van der Waals surface area contributed by atoms with Crippen molar-refractivity contribution in [1.82, 2.24) is 4.98 Å². The van der Waals surface area contributed by atoms with E-state index in [1.54, 1.807) is 11.3 Å². The molecular weight excluding hydrogens is 242 g/mol. The van der Waals surface area contributed by atoms with E-state index in [-0.39, 0.29) is 5.41 Å². The molecule has 1 aliphatic carbocycles. The second-order valence-electron chi connectivity index (χ2n) is 5.89. The number of hydrogen-bond acceptors (Lipinski definition) is 3.